The smallest absolute Gasteiger partial charge is 0.228 e. The van der Waals surface area contributed by atoms with Crippen LogP contribution in [0.1, 0.15) is 70.9 Å². The van der Waals surface area contributed by atoms with Gasteiger partial charge in [0.25, 0.3) is 0 Å². The van der Waals surface area contributed by atoms with Crippen LogP contribution in [0.15, 0.2) is 24.5 Å². The maximum absolute atomic E-state index is 4.80. The molecule has 0 bridgehead atoms. The van der Waals surface area contributed by atoms with Crippen molar-refractivity contribution >= 4 is 5.95 Å². The summed E-state index contributed by atoms with van der Waals surface area (Å²) in [6.07, 6.45) is 7.88. The zero-order chi connectivity index (χ0) is 18.4. The summed E-state index contributed by atoms with van der Waals surface area (Å²) in [7, 11) is 0. The molecule has 1 aromatic heterocycles. The van der Waals surface area contributed by atoms with Crippen molar-refractivity contribution in [2.75, 3.05) is 18.0 Å². The molecule has 4 nitrogen and oxygen atoms in total. The third kappa shape index (κ3) is 3.10. The number of hydrogen-bond donors (Lipinski definition) is 0. The van der Waals surface area contributed by atoms with E-state index in [-0.39, 0.29) is 10.8 Å². The van der Waals surface area contributed by atoms with Gasteiger partial charge in [-0.25, -0.2) is 9.97 Å². The van der Waals surface area contributed by atoms with E-state index in [0.717, 1.165) is 30.4 Å². The molecule has 1 aromatic carbocycles. The largest absolute Gasteiger partial charge is 0.341 e. The van der Waals surface area contributed by atoms with Crippen LogP contribution in [0.3, 0.4) is 0 Å². The zero-order valence-corrected chi connectivity index (χ0v) is 16.5. The Morgan fingerprint density at radius 2 is 1.54 bits per heavy atom. The molecule has 0 N–H and O–H groups in total. The van der Waals surface area contributed by atoms with E-state index in [1.54, 1.807) is 6.33 Å². The maximum Gasteiger partial charge on any atom is 0.228 e. The molecule has 0 spiro atoms. The highest BCUT2D eigenvalue weighted by molar-refractivity contribution is 5.60. The summed E-state index contributed by atoms with van der Waals surface area (Å²) in [6.45, 7) is 11.5. The van der Waals surface area contributed by atoms with E-state index in [2.05, 4.69) is 60.8 Å². The molecule has 4 rings (SSSR count). The lowest BCUT2D eigenvalue weighted by Gasteiger charge is -2.42. The van der Waals surface area contributed by atoms with Gasteiger partial charge in [0.2, 0.25) is 5.95 Å². The van der Waals surface area contributed by atoms with Gasteiger partial charge in [-0.15, -0.1) is 0 Å². The van der Waals surface area contributed by atoms with Crippen LogP contribution in [0.4, 0.5) is 5.95 Å². The second-order valence-corrected chi connectivity index (χ2v) is 9.18. The molecule has 0 atom stereocenters. The molecule has 0 amide bonds. The summed E-state index contributed by atoms with van der Waals surface area (Å²) >= 11 is 0. The van der Waals surface area contributed by atoms with E-state index in [1.165, 1.54) is 43.2 Å². The number of hydrogen-bond acceptors (Lipinski definition) is 4. The van der Waals surface area contributed by atoms with Crippen LogP contribution in [0.2, 0.25) is 0 Å². The Kier molecular flexibility index (Phi) is 4.25. The first-order valence-electron chi connectivity index (χ1n) is 9.96. The molecule has 2 heterocycles. The first kappa shape index (κ1) is 17.4. The van der Waals surface area contributed by atoms with Gasteiger partial charge in [0.05, 0.1) is 0 Å². The predicted molar refractivity (Wildman–Crippen MR) is 107 cm³/mol. The summed E-state index contributed by atoms with van der Waals surface area (Å²) in [4.78, 5) is 16.0. The number of benzene rings is 1. The Morgan fingerprint density at radius 3 is 2.27 bits per heavy atom. The van der Waals surface area contributed by atoms with Gasteiger partial charge in [0.15, 0.2) is 5.82 Å². The maximum atomic E-state index is 4.80. The van der Waals surface area contributed by atoms with Crippen molar-refractivity contribution in [3.05, 3.63) is 35.7 Å². The van der Waals surface area contributed by atoms with Crippen molar-refractivity contribution < 1.29 is 0 Å². The van der Waals surface area contributed by atoms with Gasteiger partial charge in [-0.2, -0.15) is 4.98 Å². The number of fused-ring (bicyclic) bond motifs is 1. The molecule has 1 saturated heterocycles. The summed E-state index contributed by atoms with van der Waals surface area (Å²) in [5.41, 5.74) is 4.47. The first-order chi connectivity index (χ1) is 12.4. The minimum Gasteiger partial charge on any atom is -0.341 e. The van der Waals surface area contributed by atoms with E-state index in [0.29, 0.717) is 0 Å². The summed E-state index contributed by atoms with van der Waals surface area (Å²) in [6, 6.07) is 6.82. The highest BCUT2D eigenvalue weighted by Gasteiger charge is 2.37. The summed E-state index contributed by atoms with van der Waals surface area (Å²) in [5, 5.41) is 0. The molecule has 26 heavy (non-hydrogen) atoms. The van der Waals surface area contributed by atoms with Gasteiger partial charge in [-0.1, -0.05) is 39.8 Å². The number of piperidine rings is 1. The van der Waals surface area contributed by atoms with Gasteiger partial charge in [-0.3, -0.25) is 0 Å². The number of nitrogens with zero attached hydrogens (tertiary/aromatic N) is 4. The molecular weight excluding hydrogens is 320 g/mol. The van der Waals surface area contributed by atoms with Crippen LogP contribution in [-0.4, -0.2) is 28.0 Å². The summed E-state index contributed by atoms with van der Waals surface area (Å²) < 4.78 is 0. The van der Waals surface area contributed by atoms with E-state index in [1.807, 2.05) is 0 Å². The minimum absolute atomic E-state index is 0.198. The molecule has 1 aliphatic heterocycles. The fourth-order valence-corrected chi connectivity index (χ4v) is 4.40. The van der Waals surface area contributed by atoms with Gasteiger partial charge in [-0.05, 0) is 60.1 Å². The van der Waals surface area contributed by atoms with Crippen molar-refractivity contribution in [2.24, 2.45) is 0 Å². The van der Waals surface area contributed by atoms with Crippen LogP contribution in [0.25, 0.3) is 11.4 Å². The second-order valence-electron chi connectivity index (χ2n) is 9.18. The number of rotatable bonds is 2. The lowest BCUT2D eigenvalue weighted by atomic mass is 9.63. The monoisotopic (exact) mass is 350 g/mol. The predicted octanol–water partition coefficient (Wildman–Crippen LogP) is 4.88. The van der Waals surface area contributed by atoms with Gasteiger partial charge >= 0.3 is 0 Å². The van der Waals surface area contributed by atoms with E-state index >= 15 is 0 Å². The average molecular weight is 351 g/mol. The molecular formula is C22H30N4. The van der Waals surface area contributed by atoms with Crippen molar-refractivity contribution in [3.63, 3.8) is 0 Å². The Hall–Kier alpha value is -1.97. The topological polar surface area (TPSA) is 41.9 Å². The Balaban J connectivity index is 1.73. The SMILES string of the molecule is CC1(C)CCC(C)(C)c2cc(-c3ncnc(N4CCCCC4)n3)ccc21. The normalized spacial score (nSPS) is 21.3. The lowest BCUT2D eigenvalue weighted by Crippen LogP contribution is -2.33. The Labute approximate surface area is 157 Å². The highest BCUT2D eigenvalue weighted by Crippen LogP contribution is 2.46. The molecule has 0 radical (unpaired) electrons. The van der Waals surface area contributed by atoms with Gasteiger partial charge in [0.1, 0.15) is 6.33 Å². The van der Waals surface area contributed by atoms with Crippen LogP contribution in [-0.2, 0) is 10.8 Å². The first-order valence-corrected chi connectivity index (χ1v) is 9.96. The van der Waals surface area contributed by atoms with Crippen molar-refractivity contribution in [2.45, 2.75) is 70.6 Å². The fourth-order valence-electron chi connectivity index (χ4n) is 4.40. The van der Waals surface area contributed by atoms with Crippen LogP contribution in [0.5, 0.6) is 0 Å². The Morgan fingerprint density at radius 1 is 0.846 bits per heavy atom. The minimum atomic E-state index is 0.198. The van der Waals surface area contributed by atoms with Gasteiger partial charge < -0.3 is 4.90 Å². The second kappa shape index (κ2) is 6.33. The van der Waals surface area contributed by atoms with Crippen LogP contribution < -0.4 is 4.90 Å². The molecule has 138 valence electrons. The molecule has 1 fully saturated rings. The highest BCUT2D eigenvalue weighted by atomic mass is 15.3. The van der Waals surface area contributed by atoms with Crippen molar-refractivity contribution in [1.29, 1.82) is 0 Å². The van der Waals surface area contributed by atoms with E-state index in [4.69, 9.17) is 4.98 Å². The summed E-state index contributed by atoms with van der Waals surface area (Å²) in [5.74, 6) is 1.62. The molecule has 4 heteroatoms. The molecule has 0 unspecified atom stereocenters. The zero-order valence-electron chi connectivity index (χ0n) is 16.5. The quantitative estimate of drug-likeness (QED) is 0.774. The molecule has 1 aliphatic carbocycles. The molecule has 0 saturated carbocycles. The number of aromatic nitrogens is 3. The third-order valence-corrected chi connectivity index (χ3v) is 6.31. The van der Waals surface area contributed by atoms with Crippen LogP contribution >= 0.6 is 0 Å². The molecule has 2 aliphatic rings. The average Bonchev–Trinajstić information content (AvgIpc) is 2.66. The Bertz CT molecular complexity index is 804. The van der Waals surface area contributed by atoms with Crippen LogP contribution in [0, 0.1) is 0 Å². The molecule has 2 aromatic rings. The van der Waals surface area contributed by atoms with Crippen molar-refractivity contribution in [1.82, 2.24) is 15.0 Å². The van der Waals surface area contributed by atoms with Crippen molar-refractivity contribution in [3.8, 4) is 11.4 Å². The van der Waals surface area contributed by atoms with E-state index in [9.17, 15) is 0 Å². The third-order valence-electron chi connectivity index (χ3n) is 6.31. The lowest BCUT2D eigenvalue weighted by molar-refractivity contribution is 0.332. The fraction of sp³-hybridized carbons (Fsp3) is 0.591. The van der Waals surface area contributed by atoms with E-state index < -0.39 is 0 Å². The van der Waals surface area contributed by atoms with Gasteiger partial charge in [0, 0.05) is 18.7 Å². The standard InChI is InChI=1S/C22H30N4/c1-21(2)10-11-22(3,4)18-14-16(8-9-17(18)21)19-23-15-24-20(25-19)26-12-6-5-7-13-26/h8-9,14-15H,5-7,10-13H2,1-4H3. The number of anilines is 1.